The number of nitrogens with one attached hydrogen (secondary N) is 1. The Labute approximate surface area is 132 Å². The van der Waals surface area contributed by atoms with Crippen LogP contribution in [0.5, 0.6) is 0 Å². The van der Waals surface area contributed by atoms with Gasteiger partial charge in [0, 0.05) is 17.7 Å². The first-order chi connectivity index (χ1) is 10.4. The van der Waals surface area contributed by atoms with Crippen LogP contribution in [-0.2, 0) is 5.54 Å². The van der Waals surface area contributed by atoms with E-state index in [1.54, 1.807) is 0 Å². The highest BCUT2D eigenvalue weighted by atomic mass is 16.2. The zero-order chi connectivity index (χ0) is 15.9. The smallest absolute Gasteiger partial charge is 0.272 e. The summed E-state index contributed by atoms with van der Waals surface area (Å²) in [6.45, 7) is 7.05. The topological polar surface area (TPSA) is 72.9 Å². The lowest BCUT2D eigenvalue weighted by molar-refractivity contribution is 0.0922. The average Bonchev–Trinajstić information content (AvgIpc) is 3.02. The fourth-order valence-electron chi connectivity index (χ4n) is 3.47. The van der Waals surface area contributed by atoms with Crippen molar-refractivity contribution in [1.29, 1.82) is 0 Å². The molecule has 0 spiro atoms. The molecule has 2 saturated carbocycles. The van der Waals surface area contributed by atoms with E-state index < -0.39 is 0 Å². The van der Waals surface area contributed by atoms with Gasteiger partial charge in [0.05, 0.1) is 5.54 Å². The molecule has 1 amide bonds. The maximum absolute atomic E-state index is 12.6. The Morgan fingerprint density at radius 3 is 2.68 bits per heavy atom. The van der Waals surface area contributed by atoms with Gasteiger partial charge in [-0.3, -0.25) is 9.48 Å². The third-order valence-electron chi connectivity index (χ3n) is 4.88. The molecule has 1 heterocycles. The molecule has 5 nitrogen and oxygen atoms in total. The third kappa shape index (κ3) is 3.05. The molecule has 1 aromatic heterocycles. The fourth-order valence-corrected chi connectivity index (χ4v) is 3.47. The van der Waals surface area contributed by atoms with E-state index >= 15 is 0 Å². The van der Waals surface area contributed by atoms with Crippen LogP contribution >= 0.6 is 0 Å². The van der Waals surface area contributed by atoms with Crippen LogP contribution in [0.4, 0.5) is 0 Å². The average molecular weight is 304 g/mol. The van der Waals surface area contributed by atoms with Gasteiger partial charge in [0.2, 0.25) is 0 Å². The molecule has 2 aliphatic rings. The van der Waals surface area contributed by atoms with Crippen LogP contribution in [0, 0.1) is 5.92 Å². The predicted molar refractivity (Wildman–Crippen MR) is 86.8 cm³/mol. The summed E-state index contributed by atoms with van der Waals surface area (Å²) in [6.07, 6.45) is 5.71. The van der Waals surface area contributed by atoms with Crippen molar-refractivity contribution in [2.75, 3.05) is 6.54 Å². The summed E-state index contributed by atoms with van der Waals surface area (Å²) in [7, 11) is 0. The molecule has 5 heteroatoms. The highest BCUT2D eigenvalue weighted by molar-refractivity contribution is 5.92. The summed E-state index contributed by atoms with van der Waals surface area (Å²) < 4.78 is 2.04. The Morgan fingerprint density at radius 2 is 2.09 bits per heavy atom. The van der Waals surface area contributed by atoms with Crippen LogP contribution in [0.1, 0.15) is 75.0 Å². The largest absolute Gasteiger partial charge is 0.348 e. The van der Waals surface area contributed by atoms with Gasteiger partial charge in [-0.2, -0.15) is 5.10 Å². The molecule has 2 aliphatic carbocycles. The van der Waals surface area contributed by atoms with E-state index in [0.717, 1.165) is 19.3 Å². The molecule has 2 unspecified atom stereocenters. The maximum Gasteiger partial charge on any atom is 0.272 e. The van der Waals surface area contributed by atoms with Gasteiger partial charge < -0.3 is 11.1 Å². The number of hydrogen-bond donors (Lipinski definition) is 2. The van der Waals surface area contributed by atoms with Gasteiger partial charge in [0.1, 0.15) is 5.69 Å². The molecule has 0 aromatic carbocycles. The van der Waals surface area contributed by atoms with E-state index in [1.165, 1.54) is 18.5 Å². The number of carbonyl (C=O) groups is 1. The zero-order valence-electron chi connectivity index (χ0n) is 13.9. The molecule has 3 rings (SSSR count). The van der Waals surface area contributed by atoms with Crippen LogP contribution in [-0.4, -0.2) is 28.3 Å². The van der Waals surface area contributed by atoms with Crippen LogP contribution in [0.15, 0.2) is 6.07 Å². The molecule has 0 saturated heterocycles. The molecule has 1 aromatic rings. The van der Waals surface area contributed by atoms with Gasteiger partial charge in [0.25, 0.3) is 5.91 Å². The first kappa shape index (κ1) is 15.5. The van der Waals surface area contributed by atoms with E-state index in [1.807, 2.05) is 10.7 Å². The lowest BCUT2D eigenvalue weighted by Gasteiger charge is -2.22. The first-order valence-electron chi connectivity index (χ1n) is 8.51. The lowest BCUT2D eigenvalue weighted by atomic mass is 10.0. The van der Waals surface area contributed by atoms with Crippen molar-refractivity contribution in [2.45, 2.75) is 70.4 Å². The van der Waals surface area contributed by atoms with Crippen molar-refractivity contribution in [2.24, 2.45) is 11.7 Å². The maximum atomic E-state index is 12.6. The highest BCUT2D eigenvalue weighted by Gasteiger charge is 2.33. The summed E-state index contributed by atoms with van der Waals surface area (Å²) >= 11 is 0. The van der Waals surface area contributed by atoms with Crippen molar-refractivity contribution < 1.29 is 4.79 Å². The molecule has 0 aliphatic heterocycles. The molecule has 122 valence electrons. The van der Waals surface area contributed by atoms with Crippen LogP contribution in [0.3, 0.4) is 0 Å². The van der Waals surface area contributed by atoms with Crippen LogP contribution in [0.2, 0.25) is 0 Å². The first-order valence-corrected chi connectivity index (χ1v) is 8.51. The van der Waals surface area contributed by atoms with Crippen molar-refractivity contribution >= 4 is 5.91 Å². The number of carbonyl (C=O) groups excluding carboxylic acids is 1. The highest BCUT2D eigenvalue weighted by Crippen LogP contribution is 2.41. The molecule has 2 atom stereocenters. The fraction of sp³-hybridized carbons (Fsp3) is 0.765. The van der Waals surface area contributed by atoms with E-state index in [4.69, 9.17) is 5.73 Å². The number of nitrogens with zero attached hydrogens (tertiary/aromatic N) is 2. The Balaban J connectivity index is 1.78. The zero-order valence-corrected chi connectivity index (χ0v) is 13.9. The molecule has 0 bridgehead atoms. The molecular formula is C17H28N4O. The molecule has 2 fully saturated rings. The predicted octanol–water partition coefficient (Wildman–Crippen LogP) is 2.37. The van der Waals surface area contributed by atoms with Crippen molar-refractivity contribution in [3.05, 3.63) is 17.5 Å². The number of aromatic nitrogens is 2. The van der Waals surface area contributed by atoms with Gasteiger partial charge in [-0.1, -0.05) is 6.42 Å². The Morgan fingerprint density at radius 1 is 1.36 bits per heavy atom. The molecular weight excluding hydrogens is 276 g/mol. The summed E-state index contributed by atoms with van der Waals surface area (Å²) in [4.78, 5) is 12.6. The van der Waals surface area contributed by atoms with Crippen molar-refractivity contribution in [1.82, 2.24) is 15.1 Å². The van der Waals surface area contributed by atoms with E-state index in [2.05, 4.69) is 31.2 Å². The van der Waals surface area contributed by atoms with Gasteiger partial charge in [-0.15, -0.1) is 0 Å². The Kier molecular flexibility index (Phi) is 4.02. The molecule has 0 radical (unpaired) electrons. The van der Waals surface area contributed by atoms with Crippen LogP contribution < -0.4 is 11.1 Å². The Hall–Kier alpha value is -1.36. The monoisotopic (exact) mass is 304 g/mol. The normalized spacial score (nSPS) is 25.5. The molecule has 3 N–H and O–H groups in total. The second-order valence-corrected chi connectivity index (χ2v) is 7.82. The minimum absolute atomic E-state index is 0.0461. The van der Waals surface area contributed by atoms with Crippen molar-refractivity contribution in [3.63, 3.8) is 0 Å². The number of hydrogen-bond acceptors (Lipinski definition) is 3. The minimum Gasteiger partial charge on any atom is -0.348 e. The van der Waals surface area contributed by atoms with Gasteiger partial charge in [-0.05, 0) is 65.0 Å². The number of nitrogens with two attached hydrogens (primary N) is 1. The minimum atomic E-state index is -0.0936. The van der Waals surface area contributed by atoms with Crippen LogP contribution in [0.25, 0.3) is 0 Å². The second-order valence-electron chi connectivity index (χ2n) is 7.82. The quantitative estimate of drug-likeness (QED) is 0.897. The molecule has 22 heavy (non-hydrogen) atoms. The van der Waals surface area contributed by atoms with E-state index in [0.29, 0.717) is 24.1 Å². The third-order valence-corrected chi connectivity index (χ3v) is 4.88. The Bertz CT molecular complexity index is 553. The van der Waals surface area contributed by atoms with Gasteiger partial charge in [0.15, 0.2) is 0 Å². The second kappa shape index (κ2) is 5.69. The van der Waals surface area contributed by atoms with E-state index in [-0.39, 0.29) is 17.5 Å². The van der Waals surface area contributed by atoms with Gasteiger partial charge >= 0.3 is 0 Å². The summed E-state index contributed by atoms with van der Waals surface area (Å²) in [5, 5.41) is 7.76. The SMILES string of the molecule is CC(C)(C)n1nc(C(=O)NC2CCCC2CN)cc1C1CC1. The van der Waals surface area contributed by atoms with Gasteiger partial charge in [-0.25, -0.2) is 0 Å². The summed E-state index contributed by atoms with van der Waals surface area (Å²) in [5.74, 6) is 0.948. The summed E-state index contributed by atoms with van der Waals surface area (Å²) in [6, 6.07) is 2.20. The number of rotatable bonds is 4. The van der Waals surface area contributed by atoms with E-state index in [9.17, 15) is 4.79 Å². The lowest BCUT2D eigenvalue weighted by Crippen LogP contribution is -2.40. The summed E-state index contributed by atoms with van der Waals surface area (Å²) in [5.41, 5.74) is 7.47. The van der Waals surface area contributed by atoms with Crippen molar-refractivity contribution in [3.8, 4) is 0 Å². The number of amides is 1. The standard InChI is InChI=1S/C17H28N4O/c1-17(2,3)21-15(11-7-8-11)9-14(20-21)16(22)19-13-6-4-5-12(13)10-18/h9,11-13H,4-8,10,18H2,1-3H3,(H,19,22).